The molecule has 0 amide bonds. The number of hydrogen-bond donors (Lipinski definition) is 4. The lowest BCUT2D eigenvalue weighted by Crippen LogP contribution is -2.23. The van der Waals surface area contributed by atoms with Gasteiger partial charge in [0.1, 0.15) is 0 Å². The molecule has 0 radical (unpaired) electrons. The maximum absolute atomic E-state index is 9.55. The molecule has 0 aromatic heterocycles. The second kappa shape index (κ2) is 14.0. The van der Waals surface area contributed by atoms with Gasteiger partial charge in [0.25, 0.3) is 0 Å². The van der Waals surface area contributed by atoms with Gasteiger partial charge in [-0.3, -0.25) is 4.31 Å². The Morgan fingerprint density at radius 2 is 0.586 bits per heavy atom. The van der Waals surface area contributed by atoms with E-state index in [4.69, 9.17) is 9.79 Å². The summed E-state index contributed by atoms with van der Waals surface area (Å²) in [4.78, 5) is 109. The van der Waals surface area contributed by atoms with E-state index in [9.17, 15) is 76.3 Å². The van der Waals surface area contributed by atoms with Gasteiger partial charge in [0.05, 0.1) is 39.1 Å². The summed E-state index contributed by atoms with van der Waals surface area (Å²) in [6, 6.07) is 0. The van der Waals surface area contributed by atoms with Crippen molar-refractivity contribution in [1.29, 1.82) is 0 Å². The zero-order valence-electron chi connectivity index (χ0n) is 22.7. The Bertz CT molecular complexity index is 584. The largest absolute Gasteiger partial charge is 1.00 e. The molecule has 0 atom stereocenters. The standard InChI is InChI=1S/2H3N.3H4O7P2/c;;3*1-8(2,3)7-9(4,5)6/h2*1H3;3*(H2,1,2,3)(H2,4,5,6). The highest BCUT2D eigenvalue weighted by Gasteiger charge is 2.15. The normalized spacial score (nSPS) is 12.8. The zero-order chi connectivity index (χ0) is 23.1. The van der Waals surface area contributed by atoms with Crippen molar-refractivity contribution in [3.05, 3.63) is 0 Å². The third-order valence-electron chi connectivity index (χ3n) is 0.606. The lowest BCUT2D eigenvalue weighted by atomic mass is 14.0. The monoisotopic (exact) mass is 568 g/mol. The van der Waals surface area contributed by atoms with Crippen LogP contribution in [0.3, 0.4) is 0 Å². The Labute approximate surface area is 174 Å². The molecule has 0 heterocycles. The molecule has 0 unspecified atom stereocenters. The number of rotatable bonds is 6. The van der Waals surface area contributed by atoms with E-state index in [2.05, 4.69) is 12.9 Å². The first-order chi connectivity index (χ1) is 11.1. The van der Waals surface area contributed by atoms with Gasteiger partial charge in [-0.2, -0.15) is 0 Å². The molecule has 184 valence electrons. The summed E-state index contributed by atoms with van der Waals surface area (Å²) < 4.78 is 64.0. The van der Waals surface area contributed by atoms with Crippen molar-refractivity contribution >= 4 is 46.9 Å². The minimum Gasteiger partial charge on any atom is -0.790 e. The second-order valence-corrected chi connectivity index (χ2v) is 10.4. The molecular weight excluding hydrogens is 550 g/mol. The van der Waals surface area contributed by atoms with Crippen LogP contribution < -0.4 is 61.2 Å². The fourth-order valence-corrected chi connectivity index (χ4v) is 3.38. The average molecular weight is 568 g/mol. The van der Waals surface area contributed by atoms with E-state index < -0.39 is 46.9 Å². The Kier molecular flexibility index (Phi) is 19.3. The maximum atomic E-state index is 9.55. The molecule has 0 aromatic rings. The van der Waals surface area contributed by atoms with Gasteiger partial charge in [0.15, 0.2) is 0 Å². The minimum atomic E-state index is -5.68. The maximum Gasteiger partial charge on any atom is 1.00 e. The van der Waals surface area contributed by atoms with Gasteiger partial charge in [-0.1, -0.05) is 0 Å². The van der Waals surface area contributed by atoms with E-state index in [1.807, 2.05) is 0 Å². The lowest BCUT2D eigenvalue weighted by Gasteiger charge is -2.39. The highest BCUT2D eigenvalue weighted by atomic mass is 31.3. The van der Waals surface area contributed by atoms with Crippen molar-refractivity contribution in [3.63, 3.8) is 0 Å². The van der Waals surface area contributed by atoms with Gasteiger partial charge >= 0.3 is 22.1 Å². The third-order valence-corrected chi connectivity index (χ3v) is 5.46. The SMILES string of the molecule is N.N.O=P([O-])([O-])OP(=O)(O)O.O=P([O-])([O-])OP(=O)([O-])[O-].O=P([O-])([O-])OP(=O)([O-])[O-].[H+].[H+].[H+].[H+].[H+].[H+].[H+].[H+].[H+].[H+]. The van der Waals surface area contributed by atoms with E-state index >= 15 is 0 Å². The molecule has 0 aliphatic rings. The molecule has 0 fully saturated rings. The molecular formula is H18N2O21P6. The smallest absolute Gasteiger partial charge is 0.790 e. The van der Waals surface area contributed by atoms with Crippen molar-refractivity contribution in [3.8, 4) is 0 Å². The first-order valence-electron chi connectivity index (χ1n) is 4.42. The van der Waals surface area contributed by atoms with Crippen molar-refractivity contribution in [2.75, 3.05) is 0 Å². The molecule has 0 aromatic carbocycles. The first kappa shape index (κ1) is 40.1. The first-order valence-corrected chi connectivity index (χ1v) is 13.2. The predicted molar refractivity (Wildman–Crippen MR) is 74.5 cm³/mol. The van der Waals surface area contributed by atoms with Gasteiger partial charge in [-0.25, -0.2) is 4.57 Å². The fraction of sp³-hybridized carbons (Fsp3) is 0. The lowest BCUT2D eigenvalue weighted by molar-refractivity contribution is -0.368. The fourth-order valence-electron chi connectivity index (χ4n) is 0.375. The highest BCUT2D eigenvalue weighted by Crippen LogP contribution is 2.49. The van der Waals surface area contributed by atoms with Crippen LogP contribution in [0.1, 0.15) is 14.3 Å². The summed E-state index contributed by atoms with van der Waals surface area (Å²) in [5, 5.41) is 0. The molecule has 8 N–H and O–H groups in total. The van der Waals surface area contributed by atoms with Gasteiger partial charge in [-0.15, -0.1) is 0 Å². The summed E-state index contributed by atoms with van der Waals surface area (Å²) in [5.41, 5.74) is 0. The third kappa shape index (κ3) is 58.5. The molecule has 0 aliphatic heterocycles. The van der Waals surface area contributed by atoms with E-state index in [0.29, 0.717) is 0 Å². The Morgan fingerprint density at radius 3 is 0.586 bits per heavy atom. The molecule has 29 heteroatoms. The van der Waals surface area contributed by atoms with Crippen LogP contribution >= 0.6 is 46.9 Å². The van der Waals surface area contributed by atoms with Crippen LogP contribution in [0.25, 0.3) is 0 Å². The van der Waals surface area contributed by atoms with Crippen LogP contribution in [0.4, 0.5) is 0 Å². The molecule has 29 heavy (non-hydrogen) atoms. The van der Waals surface area contributed by atoms with Gasteiger partial charge in [-0.05, 0) is 0 Å². The summed E-state index contributed by atoms with van der Waals surface area (Å²) >= 11 is 0. The van der Waals surface area contributed by atoms with Gasteiger partial charge in [0, 0.05) is 0 Å². The summed E-state index contributed by atoms with van der Waals surface area (Å²) in [5.74, 6) is 0. The van der Waals surface area contributed by atoms with Crippen LogP contribution in [0.5, 0.6) is 0 Å². The molecule has 23 nitrogen and oxygen atoms in total. The molecule has 0 rings (SSSR count). The van der Waals surface area contributed by atoms with Crippen molar-refractivity contribution in [1.82, 2.24) is 12.3 Å². The van der Waals surface area contributed by atoms with Gasteiger partial charge < -0.3 is 102 Å². The number of phosphoric acid groups is 6. The topological polar surface area (TPSA) is 471 Å². The van der Waals surface area contributed by atoms with E-state index in [0.717, 1.165) is 0 Å². The predicted octanol–water partition coefficient (Wildman–Crippen LogP) is -7.31. The molecule has 0 spiro atoms. The zero-order valence-corrected chi connectivity index (χ0v) is 18.1. The molecule has 0 saturated carbocycles. The summed E-state index contributed by atoms with van der Waals surface area (Å²) in [7, 11) is -33.4. The Morgan fingerprint density at radius 1 is 0.448 bits per heavy atom. The Balaban J connectivity index is -0.0000000148. The van der Waals surface area contributed by atoms with Crippen molar-refractivity contribution < 1.29 is 113 Å². The van der Waals surface area contributed by atoms with Crippen molar-refractivity contribution in [2.24, 2.45) is 0 Å². The van der Waals surface area contributed by atoms with Crippen LogP contribution in [0, 0.1) is 0 Å². The molecule has 0 aliphatic carbocycles. The second-order valence-electron chi connectivity index (χ2n) is 2.97. The summed E-state index contributed by atoms with van der Waals surface area (Å²) in [6.07, 6.45) is 0. The van der Waals surface area contributed by atoms with E-state index in [1.54, 1.807) is 0 Å². The van der Waals surface area contributed by atoms with Crippen LogP contribution in [0.2, 0.25) is 0 Å². The average Bonchev–Trinajstić information content (AvgIpc) is 1.96. The number of hydrogen-bond acceptors (Lipinski definition) is 21. The van der Waals surface area contributed by atoms with Gasteiger partial charge in [0.2, 0.25) is 0 Å². The summed E-state index contributed by atoms with van der Waals surface area (Å²) in [6.45, 7) is 0. The minimum absolute atomic E-state index is 0. The van der Waals surface area contributed by atoms with E-state index in [-0.39, 0.29) is 26.6 Å². The van der Waals surface area contributed by atoms with E-state index in [1.165, 1.54) is 0 Å². The quantitative estimate of drug-likeness (QED) is 0.216. The van der Waals surface area contributed by atoms with Crippen molar-refractivity contribution in [2.45, 2.75) is 0 Å². The Hall–Kier alpha value is 0.700. The van der Waals surface area contributed by atoms with Crippen LogP contribution in [0.15, 0.2) is 0 Å². The molecule has 0 saturated heterocycles. The van der Waals surface area contributed by atoms with Crippen LogP contribution in [-0.2, 0) is 40.3 Å². The molecule has 0 bridgehead atoms. The highest BCUT2D eigenvalue weighted by molar-refractivity contribution is 7.59. The van der Waals surface area contributed by atoms with Crippen LogP contribution in [-0.4, -0.2) is 9.79 Å².